The number of carbonyl (C=O) groups is 1. The van der Waals surface area contributed by atoms with Crippen molar-refractivity contribution < 1.29 is 9.53 Å². The first-order valence-corrected chi connectivity index (χ1v) is 5.62. The summed E-state index contributed by atoms with van der Waals surface area (Å²) in [6.45, 7) is 1.89. The smallest absolute Gasteiger partial charge is 0.258 e. The van der Waals surface area contributed by atoms with Gasteiger partial charge in [0, 0.05) is 6.04 Å². The fourth-order valence-electron chi connectivity index (χ4n) is 1.47. The van der Waals surface area contributed by atoms with Gasteiger partial charge in [-0.05, 0) is 37.5 Å². The molecular weight excluding hydrogens is 216 g/mol. The maximum Gasteiger partial charge on any atom is 0.258 e. The minimum absolute atomic E-state index is 0.00617. The highest BCUT2D eigenvalue weighted by molar-refractivity contribution is 5.78. The van der Waals surface area contributed by atoms with E-state index in [0.717, 1.165) is 18.4 Å². The second-order valence-electron chi connectivity index (χ2n) is 4.22. The molecule has 1 aromatic carbocycles. The van der Waals surface area contributed by atoms with Gasteiger partial charge in [0.05, 0.1) is 11.6 Å². The van der Waals surface area contributed by atoms with Gasteiger partial charge < -0.3 is 10.1 Å². The SMILES string of the molecule is Cc1ccc(C#N)cc1OCC(=O)NC1CC1. The molecule has 0 aromatic heterocycles. The van der Waals surface area contributed by atoms with E-state index in [1.807, 2.05) is 19.1 Å². The summed E-state index contributed by atoms with van der Waals surface area (Å²) >= 11 is 0. The van der Waals surface area contributed by atoms with E-state index in [9.17, 15) is 4.79 Å². The normalized spacial score (nSPS) is 13.9. The lowest BCUT2D eigenvalue weighted by Crippen LogP contribution is -2.30. The largest absolute Gasteiger partial charge is 0.483 e. The zero-order chi connectivity index (χ0) is 12.3. The van der Waals surface area contributed by atoms with Gasteiger partial charge in [-0.1, -0.05) is 6.07 Å². The standard InChI is InChI=1S/C13H14N2O2/c1-9-2-3-10(7-14)6-12(9)17-8-13(16)15-11-4-5-11/h2-3,6,11H,4-5,8H2,1H3,(H,15,16). The van der Waals surface area contributed by atoms with E-state index in [-0.39, 0.29) is 12.5 Å². The molecule has 4 nitrogen and oxygen atoms in total. The zero-order valence-electron chi connectivity index (χ0n) is 9.69. The van der Waals surface area contributed by atoms with E-state index in [2.05, 4.69) is 5.32 Å². The number of aryl methyl sites for hydroxylation is 1. The summed E-state index contributed by atoms with van der Waals surface area (Å²) in [5.41, 5.74) is 1.46. The quantitative estimate of drug-likeness (QED) is 0.853. The van der Waals surface area contributed by atoms with Gasteiger partial charge in [-0.15, -0.1) is 0 Å². The summed E-state index contributed by atoms with van der Waals surface area (Å²) in [6.07, 6.45) is 2.13. The predicted molar refractivity (Wildman–Crippen MR) is 62.6 cm³/mol. The van der Waals surface area contributed by atoms with Gasteiger partial charge in [0.1, 0.15) is 5.75 Å². The van der Waals surface area contributed by atoms with E-state index in [1.165, 1.54) is 0 Å². The average Bonchev–Trinajstić information content (AvgIpc) is 3.12. The van der Waals surface area contributed by atoms with Gasteiger partial charge in [-0.3, -0.25) is 4.79 Å². The second-order valence-corrected chi connectivity index (χ2v) is 4.22. The summed E-state index contributed by atoms with van der Waals surface area (Å²) in [4.78, 5) is 11.4. The van der Waals surface area contributed by atoms with Crippen LogP contribution in [0.4, 0.5) is 0 Å². The third-order valence-corrected chi connectivity index (χ3v) is 2.62. The number of amides is 1. The Kier molecular flexibility index (Phi) is 3.29. The first-order chi connectivity index (χ1) is 8.19. The Bertz CT molecular complexity index is 473. The topological polar surface area (TPSA) is 62.1 Å². The number of nitriles is 1. The minimum Gasteiger partial charge on any atom is -0.483 e. The molecule has 0 saturated heterocycles. The Balaban J connectivity index is 1.93. The van der Waals surface area contributed by atoms with E-state index < -0.39 is 0 Å². The summed E-state index contributed by atoms with van der Waals surface area (Å²) in [5, 5.41) is 11.6. The minimum atomic E-state index is -0.103. The van der Waals surface area contributed by atoms with Crippen molar-refractivity contribution in [3.63, 3.8) is 0 Å². The lowest BCUT2D eigenvalue weighted by molar-refractivity contribution is -0.123. The maximum atomic E-state index is 11.4. The number of nitrogens with zero attached hydrogens (tertiary/aromatic N) is 1. The number of hydrogen-bond acceptors (Lipinski definition) is 3. The number of hydrogen-bond donors (Lipinski definition) is 1. The number of benzene rings is 1. The molecule has 0 spiro atoms. The highest BCUT2D eigenvalue weighted by atomic mass is 16.5. The molecular formula is C13H14N2O2. The molecule has 0 unspecified atom stereocenters. The van der Waals surface area contributed by atoms with Crippen LogP contribution < -0.4 is 10.1 Å². The van der Waals surface area contributed by atoms with Crippen molar-refractivity contribution in [2.75, 3.05) is 6.61 Å². The monoisotopic (exact) mass is 230 g/mol. The molecule has 0 bridgehead atoms. The Labute approximate surface area is 100 Å². The molecule has 1 amide bonds. The number of ether oxygens (including phenoxy) is 1. The van der Waals surface area contributed by atoms with Gasteiger partial charge in [0.15, 0.2) is 6.61 Å². The van der Waals surface area contributed by atoms with E-state index in [4.69, 9.17) is 10.00 Å². The van der Waals surface area contributed by atoms with E-state index in [1.54, 1.807) is 12.1 Å². The average molecular weight is 230 g/mol. The first kappa shape index (κ1) is 11.5. The Hall–Kier alpha value is -2.02. The van der Waals surface area contributed by atoms with Crippen molar-refractivity contribution in [2.45, 2.75) is 25.8 Å². The molecule has 4 heteroatoms. The van der Waals surface area contributed by atoms with Crippen LogP contribution in [0.5, 0.6) is 5.75 Å². The zero-order valence-corrected chi connectivity index (χ0v) is 9.69. The van der Waals surface area contributed by atoms with Crippen LogP contribution in [0, 0.1) is 18.3 Å². The van der Waals surface area contributed by atoms with Crippen LogP contribution in [0.25, 0.3) is 0 Å². The molecule has 17 heavy (non-hydrogen) atoms. The predicted octanol–water partition coefficient (Wildman–Crippen LogP) is 1.52. The van der Waals surface area contributed by atoms with Crippen LogP contribution in [0.2, 0.25) is 0 Å². The van der Waals surface area contributed by atoms with Crippen LogP contribution in [0.1, 0.15) is 24.0 Å². The summed E-state index contributed by atoms with van der Waals surface area (Å²) in [7, 11) is 0. The molecule has 0 radical (unpaired) electrons. The fraction of sp³-hybridized carbons (Fsp3) is 0.385. The summed E-state index contributed by atoms with van der Waals surface area (Å²) < 4.78 is 5.41. The molecule has 1 aliphatic carbocycles. The molecule has 1 saturated carbocycles. The Morgan fingerprint density at radius 2 is 2.35 bits per heavy atom. The lowest BCUT2D eigenvalue weighted by Gasteiger charge is -2.09. The maximum absolute atomic E-state index is 11.4. The summed E-state index contributed by atoms with van der Waals surface area (Å²) in [5.74, 6) is 0.490. The third kappa shape index (κ3) is 3.22. The van der Waals surface area contributed by atoms with Crippen molar-refractivity contribution in [2.24, 2.45) is 0 Å². The molecule has 88 valence electrons. The van der Waals surface area contributed by atoms with Gasteiger partial charge in [-0.2, -0.15) is 5.26 Å². The highest BCUT2D eigenvalue weighted by Crippen LogP contribution is 2.20. The summed E-state index contributed by atoms with van der Waals surface area (Å²) in [6, 6.07) is 7.58. The molecule has 0 heterocycles. The molecule has 0 aliphatic heterocycles. The van der Waals surface area contributed by atoms with Crippen molar-refractivity contribution in [1.82, 2.24) is 5.32 Å². The Morgan fingerprint density at radius 1 is 1.59 bits per heavy atom. The molecule has 1 fully saturated rings. The lowest BCUT2D eigenvalue weighted by atomic mass is 10.1. The first-order valence-electron chi connectivity index (χ1n) is 5.62. The van der Waals surface area contributed by atoms with Gasteiger partial charge >= 0.3 is 0 Å². The highest BCUT2D eigenvalue weighted by Gasteiger charge is 2.23. The van der Waals surface area contributed by atoms with Crippen molar-refractivity contribution in [3.8, 4) is 11.8 Å². The van der Waals surface area contributed by atoms with Crippen LogP contribution in [-0.2, 0) is 4.79 Å². The molecule has 1 N–H and O–H groups in total. The van der Waals surface area contributed by atoms with Crippen LogP contribution in [0.3, 0.4) is 0 Å². The number of rotatable bonds is 4. The van der Waals surface area contributed by atoms with Crippen molar-refractivity contribution >= 4 is 5.91 Å². The van der Waals surface area contributed by atoms with Crippen molar-refractivity contribution in [3.05, 3.63) is 29.3 Å². The molecule has 1 aromatic rings. The molecule has 2 rings (SSSR count). The van der Waals surface area contributed by atoms with Crippen LogP contribution in [-0.4, -0.2) is 18.6 Å². The van der Waals surface area contributed by atoms with Crippen molar-refractivity contribution in [1.29, 1.82) is 5.26 Å². The van der Waals surface area contributed by atoms with Gasteiger partial charge in [0.2, 0.25) is 0 Å². The van der Waals surface area contributed by atoms with Crippen LogP contribution in [0.15, 0.2) is 18.2 Å². The van der Waals surface area contributed by atoms with Gasteiger partial charge in [0.25, 0.3) is 5.91 Å². The fourth-order valence-corrected chi connectivity index (χ4v) is 1.47. The second kappa shape index (κ2) is 4.88. The van der Waals surface area contributed by atoms with E-state index in [0.29, 0.717) is 17.4 Å². The van der Waals surface area contributed by atoms with Crippen LogP contribution >= 0.6 is 0 Å². The molecule has 0 atom stereocenters. The van der Waals surface area contributed by atoms with Gasteiger partial charge in [-0.25, -0.2) is 0 Å². The Morgan fingerprint density at radius 3 is 3.00 bits per heavy atom. The number of nitrogens with one attached hydrogen (secondary N) is 1. The van der Waals surface area contributed by atoms with E-state index >= 15 is 0 Å². The molecule has 1 aliphatic rings. The third-order valence-electron chi connectivity index (χ3n) is 2.62. The number of carbonyl (C=O) groups excluding carboxylic acids is 1.